The molecule has 0 radical (unpaired) electrons. The number of benzene rings is 1. The number of hydrogen-bond acceptors (Lipinski definition) is 2. The fraction of sp³-hybridized carbons (Fsp3) is 0.600. The molecule has 1 saturated heterocycles. The molecule has 1 N–H and O–H groups in total. The highest BCUT2D eigenvalue weighted by atomic mass is 19.1. The summed E-state index contributed by atoms with van der Waals surface area (Å²) in [6, 6.07) is 3.83. The number of hydrogen-bond donors (Lipinski definition) is 1. The van der Waals surface area contributed by atoms with E-state index in [2.05, 4.69) is 17.3 Å². The quantitative estimate of drug-likeness (QED) is 0.882. The molecule has 19 heavy (non-hydrogen) atoms. The van der Waals surface area contributed by atoms with Gasteiger partial charge >= 0.3 is 0 Å². The second-order valence-corrected chi connectivity index (χ2v) is 5.44. The Morgan fingerprint density at radius 3 is 2.68 bits per heavy atom. The van der Waals surface area contributed by atoms with Crippen LogP contribution in [0.2, 0.25) is 0 Å². The van der Waals surface area contributed by atoms with Gasteiger partial charge in [0.2, 0.25) is 0 Å². The van der Waals surface area contributed by atoms with Gasteiger partial charge in [0, 0.05) is 19.2 Å². The third kappa shape index (κ3) is 4.55. The van der Waals surface area contributed by atoms with Crippen molar-refractivity contribution in [1.29, 1.82) is 0 Å². The van der Waals surface area contributed by atoms with Crippen molar-refractivity contribution < 1.29 is 8.78 Å². The van der Waals surface area contributed by atoms with E-state index in [9.17, 15) is 8.78 Å². The number of nitrogens with zero attached hydrogens (tertiary/aromatic N) is 1. The molecule has 0 saturated carbocycles. The van der Waals surface area contributed by atoms with Gasteiger partial charge in [-0.3, -0.25) is 0 Å². The summed E-state index contributed by atoms with van der Waals surface area (Å²) in [6.07, 6.45) is 3.07. The summed E-state index contributed by atoms with van der Waals surface area (Å²) in [6.45, 7) is 4.08. The van der Waals surface area contributed by atoms with Crippen LogP contribution in [0.5, 0.6) is 0 Å². The molecule has 0 aliphatic carbocycles. The number of halogens is 2. The van der Waals surface area contributed by atoms with Gasteiger partial charge in [-0.2, -0.15) is 0 Å². The zero-order valence-corrected chi connectivity index (χ0v) is 11.5. The number of nitrogens with one attached hydrogen (secondary N) is 1. The Balaban J connectivity index is 1.77. The minimum atomic E-state index is -0.510. The Hall–Kier alpha value is -1.00. The van der Waals surface area contributed by atoms with Crippen molar-refractivity contribution in [3.05, 3.63) is 35.4 Å². The van der Waals surface area contributed by atoms with E-state index in [0.29, 0.717) is 12.0 Å². The first kappa shape index (κ1) is 14.4. The van der Waals surface area contributed by atoms with Crippen LogP contribution in [0.3, 0.4) is 0 Å². The van der Waals surface area contributed by atoms with Crippen LogP contribution in [0.4, 0.5) is 8.78 Å². The van der Waals surface area contributed by atoms with Crippen molar-refractivity contribution in [2.45, 2.75) is 19.3 Å². The maximum Gasteiger partial charge on any atom is 0.129 e. The smallest absolute Gasteiger partial charge is 0.129 e. The summed E-state index contributed by atoms with van der Waals surface area (Å²) in [7, 11) is 2.07. The largest absolute Gasteiger partial charge is 0.317 e. The fourth-order valence-electron chi connectivity index (χ4n) is 2.63. The molecule has 0 amide bonds. The lowest BCUT2D eigenvalue weighted by Crippen LogP contribution is -2.35. The monoisotopic (exact) mass is 268 g/mol. The molecule has 4 heteroatoms. The molecule has 1 fully saturated rings. The predicted molar refractivity (Wildman–Crippen MR) is 73.2 cm³/mol. The average molecular weight is 268 g/mol. The topological polar surface area (TPSA) is 15.3 Å². The first-order valence-corrected chi connectivity index (χ1v) is 6.98. The van der Waals surface area contributed by atoms with Gasteiger partial charge in [-0.1, -0.05) is 6.07 Å². The second kappa shape index (κ2) is 6.96. The van der Waals surface area contributed by atoms with Crippen LogP contribution in [0.1, 0.15) is 18.4 Å². The van der Waals surface area contributed by atoms with Crippen LogP contribution in [-0.2, 0) is 6.42 Å². The molecule has 1 aliphatic heterocycles. The summed E-state index contributed by atoms with van der Waals surface area (Å²) in [4.78, 5) is 2.25. The van der Waals surface area contributed by atoms with Crippen LogP contribution >= 0.6 is 0 Å². The van der Waals surface area contributed by atoms with E-state index in [-0.39, 0.29) is 0 Å². The van der Waals surface area contributed by atoms with E-state index in [1.807, 2.05) is 0 Å². The molecular weight excluding hydrogens is 246 g/mol. The highest BCUT2D eigenvalue weighted by Gasteiger charge is 2.15. The van der Waals surface area contributed by atoms with Crippen molar-refractivity contribution in [2.24, 2.45) is 5.92 Å². The Bertz CT molecular complexity index is 403. The minimum absolute atomic E-state index is 0.435. The highest BCUT2D eigenvalue weighted by molar-refractivity contribution is 5.18. The first-order valence-electron chi connectivity index (χ1n) is 6.98. The zero-order valence-electron chi connectivity index (χ0n) is 11.5. The standard InChI is InChI=1S/C15H22F2N2/c1-19(11-12-4-7-18-8-5-12)9-6-13-2-3-14(16)10-15(13)17/h2-3,10,12,18H,4-9,11H2,1H3. The maximum absolute atomic E-state index is 13.5. The van der Waals surface area contributed by atoms with E-state index in [1.165, 1.54) is 18.9 Å². The number of piperidine rings is 1. The molecular formula is C15H22F2N2. The van der Waals surface area contributed by atoms with Gasteiger partial charge in [0.05, 0.1) is 0 Å². The molecule has 1 aliphatic rings. The molecule has 1 aromatic rings. The first-order chi connectivity index (χ1) is 9.15. The molecule has 0 atom stereocenters. The van der Waals surface area contributed by atoms with Crippen molar-refractivity contribution in [3.8, 4) is 0 Å². The minimum Gasteiger partial charge on any atom is -0.317 e. The Morgan fingerprint density at radius 2 is 2.00 bits per heavy atom. The predicted octanol–water partition coefficient (Wildman–Crippen LogP) is 2.44. The van der Waals surface area contributed by atoms with Crippen LogP contribution in [-0.4, -0.2) is 38.1 Å². The molecule has 106 valence electrons. The van der Waals surface area contributed by atoms with E-state index >= 15 is 0 Å². The van der Waals surface area contributed by atoms with Gasteiger partial charge in [0.1, 0.15) is 11.6 Å². The molecule has 0 aromatic heterocycles. The van der Waals surface area contributed by atoms with Crippen molar-refractivity contribution >= 4 is 0 Å². The van der Waals surface area contributed by atoms with Crippen molar-refractivity contribution in [1.82, 2.24) is 10.2 Å². The molecule has 0 bridgehead atoms. The lowest BCUT2D eigenvalue weighted by molar-refractivity contribution is 0.241. The molecule has 0 unspecified atom stereocenters. The van der Waals surface area contributed by atoms with E-state index in [1.54, 1.807) is 6.07 Å². The summed E-state index contributed by atoms with van der Waals surface area (Å²) in [5, 5.41) is 3.35. The maximum atomic E-state index is 13.5. The third-order valence-corrected chi connectivity index (χ3v) is 3.81. The normalized spacial score (nSPS) is 17.1. The number of rotatable bonds is 5. The molecule has 1 aromatic carbocycles. The van der Waals surface area contributed by atoms with Crippen molar-refractivity contribution in [3.63, 3.8) is 0 Å². The van der Waals surface area contributed by atoms with Gasteiger partial charge in [0.25, 0.3) is 0 Å². The fourth-order valence-corrected chi connectivity index (χ4v) is 2.63. The van der Waals surface area contributed by atoms with Gasteiger partial charge in [0.15, 0.2) is 0 Å². The molecule has 2 rings (SSSR count). The molecule has 1 heterocycles. The molecule has 0 spiro atoms. The van der Waals surface area contributed by atoms with Gasteiger partial charge in [-0.25, -0.2) is 8.78 Å². The van der Waals surface area contributed by atoms with E-state index < -0.39 is 11.6 Å². The Labute approximate surface area is 113 Å². The van der Waals surface area contributed by atoms with Crippen molar-refractivity contribution in [2.75, 3.05) is 33.2 Å². The zero-order chi connectivity index (χ0) is 13.7. The second-order valence-electron chi connectivity index (χ2n) is 5.44. The summed E-state index contributed by atoms with van der Waals surface area (Å²) in [5.74, 6) is -0.205. The average Bonchev–Trinajstić information content (AvgIpc) is 2.39. The van der Waals surface area contributed by atoms with Gasteiger partial charge in [-0.05, 0) is 56.9 Å². The van der Waals surface area contributed by atoms with Gasteiger partial charge < -0.3 is 10.2 Å². The van der Waals surface area contributed by atoms with Gasteiger partial charge in [-0.15, -0.1) is 0 Å². The van der Waals surface area contributed by atoms with Crippen LogP contribution in [0.15, 0.2) is 18.2 Å². The lowest BCUT2D eigenvalue weighted by Gasteiger charge is -2.27. The third-order valence-electron chi connectivity index (χ3n) is 3.81. The lowest BCUT2D eigenvalue weighted by atomic mass is 9.97. The summed E-state index contributed by atoms with van der Waals surface area (Å²) >= 11 is 0. The van der Waals surface area contributed by atoms with Crippen LogP contribution in [0.25, 0.3) is 0 Å². The molecule has 2 nitrogen and oxygen atoms in total. The van der Waals surface area contributed by atoms with E-state index in [4.69, 9.17) is 0 Å². The number of likely N-dealkylation sites (N-methyl/N-ethyl adjacent to an activating group) is 1. The Kier molecular flexibility index (Phi) is 5.28. The Morgan fingerprint density at radius 1 is 1.26 bits per heavy atom. The SMILES string of the molecule is CN(CCc1ccc(F)cc1F)CC1CCNCC1. The van der Waals surface area contributed by atoms with Crippen LogP contribution in [0, 0.1) is 17.6 Å². The summed E-state index contributed by atoms with van der Waals surface area (Å²) in [5.41, 5.74) is 0.596. The highest BCUT2D eigenvalue weighted by Crippen LogP contribution is 2.14. The van der Waals surface area contributed by atoms with E-state index in [0.717, 1.165) is 38.2 Å². The van der Waals surface area contributed by atoms with Crippen LogP contribution < -0.4 is 5.32 Å². The summed E-state index contributed by atoms with van der Waals surface area (Å²) < 4.78 is 26.3.